The molecule has 0 aliphatic rings. The van der Waals surface area contributed by atoms with Crippen molar-refractivity contribution < 1.29 is 4.79 Å². The van der Waals surface area contributed by atoms with Gasteiger partial charge in [-0.3, -0.25) is 9.59 Å². The lowest BCUT2D eigenvalue weighted by atomic mass is 10.1. The van der Waals surface area contributed by atoms with Crippen LogP contribution in [0.15, 0.2) is 69.9 Å². The van der Waals surface area contributed by atoms with Crippen molar-refractivity contribution in [3.63, 3.8) is 0 Å². The van der Waals surface area contributed by atoms with Crippen molar-refractivity contribution in [2.24, 2.45) is 0 Å². The monoisotopic (exact) mass is 445 g/mol. The molecule has 3 aromatic rings. The summed E-state index contributed by atoms with van der Waals surface area (Å²) < 4.78 is 2.32. The average molecular weight is 447 g/mol. The van der Waals surface area contributed by atoms with Crippen molar-refractivity contribution in [1.29, 1.82) is 0 Å². The molecular formula is C20H17BrClN3O2. The van der Waals surface area contributed by atoms with Crippen molar-refractivity contribution in [2.75, 3.05) is 6.54 Å². The first-order valence-corrected chi connectivity index (χ1v) is 9.53. The lowest BCUT2D eigenvalue weighted by Gasteiger charge is -2.09. The number of halogens is 2. The summed E-state index contributed by atoms with van der Waals surface area (Å²) in [5, 5.41) is 7.83. The molecule has 27 heavy (non-hydrogen) atoms. The number of amides is 1. The summed E-state index contributed by atoms with van der Waals surface area (Å²) in [4.78, 5) is 24.1. The zero-order valence-electron chi connectivity index (χ0n) is 14.4. The molecule has 0 radical (unpaired) electrons. The maximum Gasteiger partial charge on any atom is 0.266 e. The standard InChI is InChI=1S/C20H17BrClN3O2/c21-16-5-1-14(2-6-16)13-19(26)23-11-12-25-20(27)10-9-18(24-25)15-3-7-17(22)8-4-15/h1-10H,11-13H2,(H,23,26). The normalized spacial score (nSPS) is 10.6. The Morgan fingerprint density at radius 2 is 1.74 bits per heavy atom. The van der Waals surface area contributed by atoms with E-state index in [0.29, 0.717) is 30.2 Å². The van der Waals surface area contributed by atoms with Gasteiger partial charge in [0, 0.05) is 27.7 Å². The Hall–Kier alpha value is -2.44. The summed E-state index contributed by atoms with van der Waals surface area (Å²) in [5.41, 5.74) is 2.26. The largest absolute Gasteiger partial charge is 0.354 e. The van der Waals surface area contributed by atoms with Crippen LogP contribution in [0.4, 0.5) is 0 Å². The van der Waals surface area contributed by atoms with E-state index in [-0.39, 0.29) is 11.5 Å². The number of aromatic nitrogens is 2. The number of nitrogens with one attached hydrogen (secondary N) is 1. The van der Waals surface area contributed by atoms with E-state index in [4.69, 9.17) is 11.6 Å². The van der Waals surface area contributed by atoms with Gasteiger partial charge in [-0.15, -0.1) is 0 Å². The third kappa shape index (κ3) is 5.52. The number of benzene rings is 2. The van der Waals surface area contributed by atoms with Gasteiger partial charge in [0.25, 0.3) is 5.56 Å². The first-order valence-electron chi connectivity index (χ1n) is 8.36. The van der Waals surface area contributed by atoms with Crippen LogP contribution in [0.25, 0.3) is 11.3 Å². The molecule has 0 spiro atoms. The molecule has 1 heterocycles. The average Bonchev–Trinajstić information content (AvgIpc) is 2.66. The van der Waals surface area contributed by atoms with E-state index in [2.05, 4.69) is 26.3 Å². The van der Waals surface area contributed by atoms with Gasteiger partial charge in [-0.1, -0.05) is 51.8 Å². The molecule has 0 bridgehead atoms. The van der Waals surface area contributed by atoms with Gasteiger partial charge in [-0.2, -0.15) is 5.10 Å². The first kappa shape index (κ1) is 19.3. The summed E-state index contributed by atoms with van der Waals surface area (Å²) in [6, 6.07) is 18.0. The Morgan fingerprint density at radius 1 is 1.04 bits per heavy atom. The van der Waals surface area contributed by atoms with Gasteiger partial charge >= 0.3 is 0 Å². The van der Waals surface area contributed by atoms with Crippen LogP contribution in [0.3, 0.4) is 0 Å². The molecule has 0 aliphatic carbocycles. The highest BCUT2D eigenvalue weighted by Gasteiger charge is 2.06. The van der Waals surface area contributed by atoms with Crippen LogP contribution in [0.1, 0.15) is 5.56 Å². The molecule has 138 valence electrons. The highest BCUT2D eigenvalue weighted by Crippen LogP contribution is 2.18. The summed E-state index contributed by atoms with van der Waals surface area (Å²) >= 11 is 9.27. The Bertz CT molecular complexity index is 985. The van der Waals surface area contributed by atoms with Crippen molar-refractivity contribution in [1.82, 2.24) is 15.1 Å². The number of hydrogen-bond donors (Lipinski definition) is 1. The molecule has 0 saturated carbocycles. The quantitative estimate of drug-likeness (QED) is 0.628. The lowest BCUT2D eigenvalue weighted by molar-refractivity contribution is -0.120. The van der Waals surface area contributed by atoms with E-state index in [1.807, 2.05) is 36.4 Å². The lowest BCUT2D eigenvalue weighted by Crippen LogP contribution is -2.32. The van der Waals surface area contributed by atoms with Crippen LogP contribution < -0.4 is 10.9 Å². The highest BCUT2D eigenvalue weighted by molar-refractivity contribution is 9.10. The maximum absolute atomic E-state index is 12.0. The van der Waals surface area contributed by atoms with Gasteiger partial charge in [0.2, 0.25) is 5.91 Å². The highest BCUT2D eigenvalue weighted by atomic mass is 79.9. The molecule has 2 aromatic carbocycles. The Balaban J connectivity index is 1.59. The van der Waals surface area contributed by atoms with E-state index >= 15 is 0 Å². The fourth-order valence-electron chi connectivity index (χ4n) is 2.54. The Kier molecular flexibility index (Phi) is 6.42. The van der Waals surface area contributed by atoms with E-state index in [1.54, 1.807) is 18.2 Å². The summed E-state index contributed by atoms with van der Waals surface area (Å²) in [6.07, 6.45) is 0.292. The second kappa shape index (κ2) is 8.97. The number of carbonyl (C=O) groups excluding carboxylic acids is 1. The summed E-state index contributed by atoms with van der Waals surface area (Å²) in [7, 11) is 0. The van der Waals surface area contributed by atoms with Crippen molar-refractivity contribution in [3.8, 4) is 11.3 Å². The van der Waals surface area contributed by atoms with Crippen molar-refractivity contribution >= 4 is 33.4 Å². The molecule has 1 N–H and O–H groups in total. The fraction of sp³-hybridized carbons (Fsp3) is 0.150. The fourth-order valence-corrected chi connectivity index (χ4v) is 2.93. The molecule has 1 amide bonds. The zero-order valence-corrected chi connectivity index (χ0v) is 16.7. The maximum atomic E-state index is 12.0. The Labute approximate surface area is 170 Å². The van der Waals surface area contributed by atoms with E-state index in [9.17, 15) is 9.59 Å². The predicted octanol–water partition coefficient (Wildman–Crippen LogP) is 3.69. The van der Waals surface area contributed by atoms with Crippen LogP contribution in [0.2, 0.25) is 5.02 Å². The van der Waals surface area contributed by atoms with Gasteiger partial charge in [0.1, 0.15) is 0 Å². The molecule has 0 aliphatic heterocycles. The molecule has 7 heteroatoms. The number of hydrogen-bond acceptors (Lipinski definition) is 3. The third-order valence-electron chi connectivity index (χ3n) is 3.93. The van der Waals surface area contributed by atoms with Crippen LogP contribution in [0, 0.1) is 0 Å². The van der Waals surface area contributed by atoms with Crippen LogP contribution in [0.5, 0.6) is 0 Å². The SMILES string of the molecule is O=C(Cc1ccc(Br)cc1)NCCn1nc(-c2ccc(Cl)cc2)ccc1=O. The second-order valence-electron chi connectivity index (χ2n) is 5.94. The molecule has 5 nitrogen and oxygen atoms in total. The van der Waals surface area contributed by atoms with E-state index in [1.165, 1.54) is 10.7 Å². The van der Waals surface area contributed by atoms with Crippen LogP contribution in [-0.2, 0) is 17.8 Å². The zero-order chi connectivity index (χ0) is 19.2. The molecular weight excluding hydrogens is 430 g/mol. The molecule has 0 unspecified atom stereocenters. The molecule has 1 aromatic heterocycles. The van der Waals surface area contributed by atoms with Gasteiger partial charge in [0.05, 0.1) is 18.7 Å². The number of carbonyl (C=O) groups is 1. The van der Waals surface area contributed by atoms with E-state index in [0.717, 1.165) is 15.6 Å². The minimum atomic E-state index is -0.213. The minimum Gasteiger partial charge on any atom is -0.354 e. The van der Waals surface area contributed by atoms with Gasteiger partial charge in [-0.25, -0.2) is 4.68 Å². The van der Waals surface area contributed by atoms with Gasteiger partial charge < -0.3 is 5.32 Å². The third-order valence-corrected chi connectivity index (χ3v) is 4.71. The predicted molar refractivity (Wildman–Crippen MR) is 110 cm³/mol. The molecule has 3 rings (SSSR count). The van der Waals surface area contributed by atoms with Crippen LogP contribution >= 0.6 is 27.5 Å². The van der Waals surface area contributed by atoms with E-state index < -0.39 is 0 Å². The van der Waals surface area contributed by atoms with Gasteiger partial charge in [-0.05, 0) is 35.9 Å². The summed E-state index contributed by atoms with van der Waals surface area (Å²) in [5.74, 6) is -0.0979. The number of nitrogens with zero attached hydrogens (tertiary/aromatic N) is 2. The second-order valence-corrected chi connectivity index (χ2v) is 7.29. The molecule has 0 fully saturated rings. The first-order chi connectivity index (χ1) is 13.0. The molecule has 0 saturated heterocycles. The molecule has 0 atom stereocenters. The van der Waals surface area contributed by atoms with Gasteiger partial charge in [0.15, 0.2) is 0 Å². The van der Waals surface area contributed by atoms with Crippen molar-refractivity contribution in [2.45, 2.75) is 13.0 Å². The van der Waals surface area contributed by atoms with Crippen molar-refractivity contribution in [3.05, 3.63) is 86.1 Å². The minimum absolute atomic E-state index is 0.0979. The summed E-state index contributed by atoms with van der Waals surface area (Å²) in [6.45, 7) is 0.624. The topological polar surface area (TPSA) is 64.0 Å². The van der Waals surface area contributed by atoms with Crippen LogP contribution in [-0.4, -0.2) is 22.2 Å². The Morgan fingerprint density at radius 3 is 2.44 bits per heavy atom. The number of rotatable bonds is 6. The smallest absolute Gasteiger partial charge is 0.266 e.